The minimum Gasteiger partial charge on any atom is -0.337 e. The molecule has 26 heavy (non-hydrogen) atoms. The predicted octanol–water partition coefficient (Wildman–Crippen LogP) is 2.15. The molecule has 3 saturated heterocycles. The number of nitrogens with zero attached hydrogens (tertiary/aromatic N) is 4. The average Bonchev–Trinajstić information content (AvgIpc) is 2.86. The summed E-state index contributed by atoms with van der Waals surface area (Å²) in [4.78, 5) is 38.0. The Morgan fingerprint density at radius 1 is 1.27 bits per heavy atom. The summed E-state index contributed by atoms with van der Waals surface area (Å²) in [7, 11) is 0. The van der Waals surface area contributed by atoms with Crippen molar-refractivity contribution in [3.63, 3.8) is 0 Å². The molecule has 2 aromatic heterocycles. The Morgan fingerprint density at radius 3 is 2.88 bits per heavy atom. The maximum absolute atomic E-state index is 12.8. The summed E-state index contributed by atoms with van der Waals surface area (Å²) in [5, 5.41) is 2.94. The van der Waals surface area contributed by atoms with Gasteiger partial charge in [0.05, 0.1) is 22.7 Å². The first-order valence-electron chi connectivity index (χ1n) is 9.00. The first-order chi connectivity index (χ1) is 12.6. The summed E-state index contributed by atoms with van der Waals surface area (Å²) in [6, 6.07) is 3.68. The van der Waals surface area contributed by atoms with Crippen LogP contribution < -0.4 is 0 Å². The van der Waals surface area contributed by atoms with E-state index < -0.39 is 0 Å². The molecule has 3 fully saturated rings. The maximum atomic E-state index is 12.8. The lowest BCUT2D eigenvalue weighted by atomic mass is 9.94. The Kier molecular flexibility index (Phi) is 4.72. The second-order valence-electron chi connectivity index (χ2n) is 7.13. The Hall–Kier alpha value is -2.28. The minimum absolute atomic E-state index is 0.0134. The smallest absolute Gasteiger partial charge is 0.255 e. The minimum atomic E-state index is 0.0134. The summed E-state index contributed by atoms with van der Waals surface area (Å²) >= 11 is 1.57. The summed E-state index contributed by atoms with van der Waals surface area (Å²) in [6.45, 7) is 4.01. The number of rotatable bonds is 3. The maximum Gasteiger partial charge on any atom is 0.255 e. The summed E-state index contributed by atoms with van der Waals surface area (Å²) in [5.74, 6) is 0.482. The topological polar surface area (TPSA) is 66.4 Å². The highest BCUT2D eigenvalue weighted by Gasteiger charge is 2.38. The van der Waals surface area contributed by atoms with Gasteiger partial charge in [0.2, 0.25) is 5.91 Å². The molecule has 0 aliphatic carbocycles. The zero-order valence-corrected chi connectivity index (χ0v) is 15.6. The van der Waals surface area contributed by atoms with Gasteiger partial charge in [0.15, 0.2) is 0 Å². The van der Waals surface area contributed by atoms with Gasteiger partial charge in [-0.3, -0.25) is 14.6 Å². The Morgan fingerprint density at radius 2 is 2.15 bits per heavy atom. The SMILES string of the molecule is Cc1nc(CC(=O)N2C[C@@H]3CC[C@H]2CN(C(=O)c2cccnc2)C3)cs1. The van der Waals surface area contributed by atoms with Gasteiger partial charge in [0.25, 0.3) is 5.91 Å². The number of hydrogen-bond donors (Lipinski definition) is 0. The van der Waals surface area contributed by atoms with Gasteiger partial charge in [-0.05, 0) is 37.8 Å². The van der Waals surface area contributed by atoms with E-state index in [2.05, 4.69) is 9.97 Å². The van der Waals surface area contributed by atoms with Gasteiger partial charge in [-0.2, -0.15) is 0 Å². The van der Waals surface area contributed by atoms with E-state index in [1.807, 2.05) is 22.1 Å². The second kappa shape index (κ2) is 7.15. The summed E-state index contributed by atoms with van der Waals surface area (Å²) in [5.41, 5.74) is 1.46. The van der Waals surface area contributed by atoms with E-state index in [0.717, 1.165) is 30.1 Å². The zero-order valence-electron chi connectivity index (χ0n) is 14.8. The van der Waals surface area contributed by atoms with E-state index >= 15 is 0 Å². The third kappa shape index (κ3) is 3.49. The van der Waals surface area contributed by atoms with Crippen LogP contribution in [0.2, 0.25) is 0 Å². The van der Waals surface area contributed by atoms with E-state index in [0.29, 0.717) is 31.0 Å². The molecule has 2 bridgehead atoms. The van der Waals surface area contributed by atoms with Gasteiger partial charge in [-0.1, -0.05) is 0 Å². The van der Waals surface area contributed by atoms with Crippen LogP contribution in [0.25, 0.3) is 0 Å². The molecule has 3 aliphatic heterocycles. The fourth-order valence-corrected chi connectivity index (χ4v) is 4.58. The number of thiazole rings is 1. The van der Waals surface area contributed by atoms with Crippen LogP contribution in [0.3, 0.4) is 0 Å². The van der Waals surface area contributed by atoms with Crippen LogP contribution in [-0.4, -0.2) is 57.3 Å². The van der Waals surface area contributed by atoms with Crippen LogP contribution in [0.4, 0.5) is 0 Å². The third-order valence-corrected chi connectivity index (χ3v) is 6.05. The number of pyridine rings is 1. The largest absolute Gasteiger partial charge is 0.337 e. The molecule has 136 valence electrons. The summed E-state index contributed by atoms with van der Waals surface area (Å²) in [6.07, 6.45) is 5.67. The van der Waals surface area contributed by atoms with Gasteiger partial charge in [-0.15, -0.1) is 11.3 Å². The molecule has 0 radical (unpaired) electrons. The van der Waals surface area contributed by atoms with Crippen molar-refractivity contribution in [2.24, 2.45) is 5.92 Å². The van der Waals surface area contributed by atoms with Crippen molar-refractivity contribution in [1.29, 1.82) is 0 Å². The standard InChI is InChI=1S/C19H22N4O2S/c1-13-21-16(12-26-13)7-18(24)23-10-14-4-5-17(23)11-22(9-14)19(25)15-3-2-6-20-8-15/h2-3,6,8,12,14,17H,4-5,7,9-11H2,1H3/t14-,17+/m1/s1. The van der Waals surface area contributed by atoms with Crippen molar-refractivity contribution in [1.82, 2.24) is 19.8 Å². The lowest BCUT2D eigenvalue weighted by molar-refractivity contribution is -0.134. The molecule has 2 amide bonds. The second-order valence-corrected chi connectivity index (χ2v) is 8.19. The number of hydrogen-bond acceptors (Lipinski definition) is 5. The van der Waals surface area contributed by atoms with Crippen molar-refractivity contribution < 1.29 is 9.59 Å². The van der Waals surface area contributed by atoms with E-state index in [1.165, 1.54) is 0 Å². The van der Waals surface area contributed by atoms with Crippen molar-refractivity contribution >= 4 is 23.2 Å². The molecule has 0 N–H and O–H groups in total. The quantitative estimate of drug-likeness (QED) is 0.830. The van der Waals surface area contributed by atoms with Gasteiger partial charge in [0, 0.05) is 43.4 Å². The molecular weight excluding hydrogens is 348 g/mol. The Labute approximate surface area is 156 Å². The fraction of sp³-hybridized carbons (Fsp3) is 0.474. The molecule has 0 saturated carbocycles. The Balaban J connectivity index is 1.48. The first kappa shape index (κ1) is 17.1. The molecule has 2 aromatic rings. The van der Waals surface area contributed by atoms with Gasteiger partial charge >= 0.3 is 0 Å². The molecule has 0 unspecified atom stereocenters. The molecule has 5 heterocycles. The van der Waals surface area contributed by atoms with Gasteiger partial charge in [-0.25, -0.2) is 4.98 Å². The van der Waals surface area contributed by atoms with Crippen LogP contribution in [0.1, 0.15) is 33.9 Å². The van der Waals surface area contributed by atoms with E-state index in [1.54, 1.807) is 35.9 Å². The molecule has 3 aliphatic rings. The van der Waals surface area contributed by atoms with E-state index in [4.69, 9.17) is 0 Å². The summed E-state index contributed by atoms with van der Waals surface area (Å²) < 4.78 is 0. The highest BCUT2D eigenvalue weighted by atomic mass is 32.1. The highest BCUT2D eigenvalue weighted by Crippen LogP contribution is 2.29. The van der Waals surface area contributed by atoms with E-state index in [9.17, 15) is 9.59 Å². The van der Waals surface area contributed by atoms with Crippen molar-refractivity contribution in [2.45, 2.75) is 32.2 Å². The van der Waals surface area contributed by atoms with Crippen LogP contribution in [0.15, 0.2) is 29.9 Å². The molecule has 2 atom stereocenters. The molecule has 0 aromatic carbocycles. The van der Waals surface area contributed by atoms with Crippen molar-refractivity contribution in [3.05, 3.63) is 46.2 Å². The number of piperidine rings is 1. The van der Waals surface area contributed by atoms with Gasteiger partial charge in [0.1, 0.15) is 0 Å². The number of aryl methyl sites for hydroxylation is 1. The third-order valence-electron chi connectivity index (χ3n) is 5.23. The molecule has 7 heteroatoms. The number of aromatic nitrogens is 2. The molecule has 5 rings (SSSR count). The number of amides is 2. The molecular formula is C19H22N4O2S. The lowest BCUT2D eigenvalue weighted by Gasteiger charge is -2.36. The van der Waals surface area contributed by atoms with Crippen LogP contribution in [0.5, 0.6) is 0 Å². The Bertz CT molecular complexity index is 807. The van der Waals surface area contributed by atoms with Gasteiger partial charge < -0.3 is 9.80 Å². The predicted molar refractivity (Wildman–Crippen MR) is 98.9 cm³/mol. The molecule has 6 nitrogen and oxygen atoms in total. The fourth-order valence-electron chi connectivity index (χ4n) is 3.97. The van der Waals surface area contributed by atoms with Crippen molar-refractivity contribution in [3.8, 4) is 0 Å². The monoisotopic (exact) mass is 370 g/mol. The van der Waals surface area contributed by atoms with Crippen molar-refractivity contribution in [2.75, 3.05) is 19.6 Å². The van der Waals surface area contributed by atoms with Crippen LogP contribution in [-0.2, 0) is 11.2 Å². The average molecular weight is 370 g/mol. The normalized spacial score (nSPS) is 22.3. The zero-order chi connectivity index (χ0) is 18.1. The molecule has 0 spiro atoms. The van der Waals surface area contributed by atoms with Crippen LogP contribution in [0, 0.1) is 12.8 Å². The van der Waals surface area contributed by atoms with Crippen LogP contribution >= 0.6 is 11.3 Å². The highest BCUT2D eigenvalue weighted by molar-refractivity contribution is 7.09. The number of carbonyl (C=O) groups excluding carboxylic acids is 2. The van der Waals surface area contributed by atoms with E-state index in [-0.39, 0.29) is 17.9 Å². The number of fused-ring (bicyclic) bond motifs is 4. The number of carbonyl (C=O) groups is 2. The first-order valence-corrected chi connectivity index (χ1v) is 9.88. The lowest BCUT2D eigenvalue weighted by Crippen LogP contribution is -2.48.